The highest BCUT2D eigenvalue weighted by Crippen LogP contribution is 2.40. The van der Waals surface area contributed by atoms with Gasteiger partial charge in [-0.3, -0.25) is 15.2 Å². The van der Waals surface area contributed by atoms with E-state index in [1.807, 2.05) is 37.8 Å². The van der Waals surface area contributed by atoms with E-state index in [0.29, 0.717) is 17.9 Å². The lowest BCUT2D eigenvalue weighted by atomic mass is 9.74. The first-order valence-corrected chi connectivity index (χ1v) is 13.1. The number of hydrogen-bond donors (Lipinski definition) is 3. The van der Waals surface area contributed by atoms with Gasteiger partial charge < -0.3 is 9.88 Å². The number of imidazole rings is 1. The zero-order valence-corrected chi connectivity index (χ0v) is 20.4. The lowest BCUT2D eigenvalue weighted by Crippen LogP contribution is -2.45. The fourth-order valence-corrected chi connectivity index (χ4v) is 6.60. The van der Waals surface area contributed by atoms with Gasteiger partial charge in [-0.2, -0.15) is 0 Å². The van der Waals surface area contributed by atoms with E-state index in [2.05, 4.69) is 47.8 Å². The summed E-state index contributed by atoms with van der Waals surface area (Å²) in [6.07, 6.45) is 13.0. The van der Waals surface area contributed by atoms with Gasteiger partial charge in [0.25, 0.3) is 0 Å². The van der Waals surface area contributed by atoms with E-state index < -0.39 is 0 Å². The fourth-order valence-electron chi connectivity index (χ4n) is 6.60. The number of carbonyl (C=O) groups excluding carboxylic acids is 1. The van der Waals surface area contributed by atoms with Crippen molar-refractivity contribution in [3.63, 3.8) is 0 Å². The number of fused-ring (bicyclic) bond motifs is 2. The summed E-state index contributed by atoms with van der Waals surface area (Å²) in [5.41, 5.74) is 11.2. The molecule has 2 saturated carbocycles. The number of hydrogen-bond acceptors (Lipinski definition) is 6. The highest BCUT2D eigenvalue weighted by atomic mass is 16.1. The summed E-state index contributed by atoms with van der Waals surface area (Å²) in [5.74, 6) is 1.29. The molecule has 6 rings (SSSR count). The quantitative estimate of drug-likeness (QED) is 0.525. The normalized spacial score (nSPS) is 30.8. The maximum atomic E-state index is 13.4. The molecule has 3 aromatic rings. The molecule has 2 aliphatic carbocycles. The van der Waals surface area contributed by atoms with Crippen molar-refractivity contribution < 1.29 is 4.79 Å². The predicted octanol–water partition coefficient (Wildman–Crippen LogP) is 3.44. The number of aromatic nitrogens is 4. The first kappa shape index (κ1) is 22.6. The summed E-state index contributed by atoms with van der Waals surface area (Å²) in [5, 5.41) is 3.45. The molecule has 8 nitrogen and oxygen atoms in total. The Bertz CT molecular complexity index is 1190. The highest BCUT2D eigenvalue weighted by Gasteiger charge is 2.43. The third kappa shape index (κ3) is 4.69. The Morgan fingerprint density at radius 2 is 2.03 bits per heavy atom. The summed E-state index contributed by atoms with van der Waals surface area (Å²) >= 11 is 0. The smallest absolute Gasteiger partial charge is 0.223 e. The Morgan fingerprint density at radius 1 is 1.09 bits per heavy atom. The standard InChI is InChI=1S/C27H35N7O/c1-17-12-19(9-11-28-17)25-22-14-20(7-8-23(22)32-33-25)27(35)31-21-5-2-4-18(13-21)15-34-16-30-24-6-3-10-29-26(24)34/h3,6,9-12,16,18,20-23,25,32-33H,2,4-5,7-8,13-15H2,1H3,(H,31,35). The predicted molar refractivity (Wildman–Crippen MR) is 134 cm³/mol. The van der Waals surface area contributed by atoms with Crippen LogP contribution in [0.15, 0.2) is 43.0 Å². The molecule has 4 heterocycles. The number of amides is 1. The summed E-state index contributed by atoms with van der Waals surface area (Å²) in [6.45, 7) is 2.95. The van der Waals surface area contributed by atoms with Crippen LogP contribution in [-0.4, -0.2) is 37.5 Å². The Hall–Kier alpha value is -2.84. The van der Waals surface area contributed by atoms with Gasteiger partial charge >= 0.3 is 0 Å². The molecule has 0 spiro atoms. The SMILES string of the molecule is Cc1cc(C2NNC3CCC(C(=O)NC4CCCC(Cn5cnc6cccnc65)C4)CC32)ccn1. The maximum Gasteiger partial charge on any atom is 0.223 e. The van der Waals surface area contributed by atoms with Crippen LogP contribution >= 0.6 is 0 Å². The van der Waals surface area contributed by atoms with E-state index in [0.717, 1.165) is 61.9 Å². The van der Waals surface area contributed by atoms with Crippen LogP contribution in [0.4, 0.5) is 0 Å². The minimum absolute atomic E-state index is 0.0885. The average molecular weight is 474 g/mol. The van der Waals surface area contributed by atoms with E-state index in [1.54, 1.807) is 0 Å². The molecule has 8 heteroatoms. The van der Waals surface area contributed by atoms with Crippen LogP contribution in [0, 0.1) is 24.7 Å². The zero-order valence-electron chi connectivity index (χ0n) is 20.4. The second-order valence-electron chi connectivity index (χ2n) is 10.8. The molecular formula is C27H35N7O. The Labute approximate surface area is 206 Å². The van der Waals surface area contributed by atoms with Crippen molar-refractivity contribution in [1.82, 2.24) is 35.7 Å². The second kappa shape index (κ2) is 9.66. The molecule has 1 aliphatic heterocycles. The minimum Gasteiger partial charge on any atom is -0.353 e. The van der Waals surface area contributed by atoms with Crippen molar-refractivity contribution in [1.29, 1.82) is 0 Å². The molecular weight excluding hydrogens is 438 g/mol. The van der Waals surface area contributed by atoms with Gasteiger partial charge in [-0.1, -0.05) is 6.42 Å². The summed E-state index contributed by atoms with van der Waals surface area (Å²) in [4.78, 5) is 26.7. The fraction of sp³-hybridized carbons (Fsp3) is 0.556. The molecule has 0 aromatic carbocycles. The number of hydrazine groups is 1. The molecule has 3 aliphatic rings. The lowest BCUT2D eigenvalue weighted by molar-refractivity contribution is -0.127. The Balaban J connectivity index is 1.07. The van der Waals surface area contributed by atoms with E-state index in [-0.39, 0.29) is 23.9 Å². The van der Waals surface area contributed by atoms with Gasteiger partial charge in [0.2, 0.25) is 5.91 Å². The van der Waals surface area contributed by atoms with Gasteiger partial charge in [0.1, 0.15) is 5.52 Å². The molecule has 3 aromatic heterocycles. The Kier molecular flexibility index (Phi) is 6.24. The number of nitrogens with one attached hydrogen (secondary N) is 3. The molecule has 184 valence electrons. The molecule has 1 amide bonds. The van der Waals surface area contributed by atoms with Crippen molar-refractivity contribution in [2.24, 2.45) is 17.8 Å². The molecule has 3 N–H and O–H groups in total. The van der Waals surface area contributed by atoms with Crippen molar-refractivity contribution in [2.75, 3.05) is 0 Å². The number of aryl methyl sites for hydroxylation is 1. The van der Waals surface area contributed by atoms with Crippen LogP contribution in [-0.2, 0) is 11.3 Å². The van der Waals surface area contributed by atoms with Crippen molar-refractivity contribution in [3.8, 4) is 0 Å². The topological polar surface area (TPSA) is 96.8 Å². The van der Waals surface area contributed by atoms with Gasteiger partial charge in [0, 0.05) is 42.6 Å². The number of carbonyl (C=O) groups is 1. The maximum absolute atomic E-state index is 13.4. The minimum atomic E-state index is 0.0885. The second-order valence-corrected chi connectivity index (χ2v) is 10.8. The van der Waals surface area contributed by atoms with E-state index in [4.69, 9.17) is 0 Å². The number of rotatable bonds is 5. The van der Waals surface area contributed by atoms with Crippen molar-refractivity contribution >= 4 is 17.1 Å². The van der Waals surface area contributed by atoms with Gasteiger partial charge in [0.05, 0.1) is 12.4 Å². The van der Waals surface area contributed by atoms with Crippen LogP contribution in [0.3, 0.4) is 0 Å². The molecule has 0 radical (unpaired) electrons. The number of pyridine rings is 2. The monoisotopic (exact) mass is 473 g/mol. The molecule has 1 saturated heterocycles. The molecule has 0 bridgehead atoms. The lowest BCUT2D eigenvalue weighted by Gasteiger charge is -2.35. The third-order valence-electron chi connectivity index (χ3n) is 8.36. The van der Waals surface area contributed by atoms with Crippen molar-refractivity contribution in [3.05, 3.63) is 54.2 Å². The van der Waals surface area contributed by atoms with Crippen LogP contribution < -0.4 is 16.2 Å². The Morgan fingerprint density at radius 3 is 2.94 bits per heavy atom. The van der Waals surface area contributed by atoms with Crippen LogP contribution in [0.2, 0.25) is 0 Å². The molecule has 6 unspecified atom stereocenters. The van der Waals surface area contributed by atoms with E-state index in [1.165, 1.54) is 12.0 Å². The largest absolute Gasteiger partial charge is 0.353 e. The molecule has 35 heavy (non-hydrogen) atoms. The first-order valence-electron chi connectivity index (χ1n) is 13.1. The van der Waals surface area contributed by atoms with E-state index >= 15 is 0 Å². The van der Waals surface area contributed by atoms with Gasteiger partial charge in [0.15, 0.2) is 5.65 Å². The zero-order chi connectivity index (χ0) is 23.8. The summed E-state index contributed by atoms with van der Waals surface area (Å²) in [7, 11) is 0. The third-order valence-corrected chi connectivity index (χ3v) is 8.36. The number of nitrogens with zero attached hydrogens (tertiary/aromatic N) is 4. The summed E-state index contributed by atoms with van der Waals surface area (Å²) in [6, 6.07) is 9.11. The van der Waals surface area contributed by atoms with Gasteiger partial charge in [-0.25, -0.2) is 15.4 Å². The van der Waals surface area contributed by atoms with Crippen LogP contribution in [0.5, 0.6) is 0 Å². The van der Waals surface area contributed by atoms with Crippen LogP contribution in [0.1, 0.15) is 62.2 Å². The van der Waals surface area contributed by atoms with Crippen molar-refractivity contribution in [2.45, 2.75) is 76.5 Å². The average Bonchev–Trinajstić information content (AvgIpc) is 3.48. The highest BCUT2D eigenvalue weighted by molar-refractivity contribution is 5.79. The first-order chi connectivity index (χ1) is 17.1. The van der Waals surface area contributed by atoms with Crippen LogP contribution in [0.25, 0.3) is 11.2 Å². The summed E-state index contributed by atoms with van der Waals surface area (Å²) < 4.78 is 2.17. The van der Waals surface area contributed by atoms with Gasteiger partial charge in [-0.05, 0) is 87.1 Å². The molecule has 6 atom stereocenters. The van der Waals surface area contributed by atoms with E-state index in [9.17, 15) is 4.79 Å². The van der Waals surface area contributed by atoms with Gasteiger partial charge in [-0.15, -0.1) is 0 Å². The molecule has 3 fully saturated rings.